The number of amides is 1. The number of alkyl halides is 2. The quantitative estimate of drug-likeness (QED) is 0.537. The van der Waals surface area contributed by atoms with Crippen molar-refractivity contribution in [3.8, 4) is 0 Å². The van der Waals surface area contributed by atoms with Crippen LogP contribution in [-0.2, 0) is 4.79 Å². The Kier molecular flexibility index (Phi) is 8.04. The lowest BCUT2D eigenvalue weighted by molar-refractivity contribution is -0.131. The predicted octanol–water partition coefficient (Wildman–Crippen LogP) is 3.65. The number of hydrogen-bond donors (Lipinski definition) is 0. The van der Waals surface area contributed by atoms with Crippen LogP contribution in [0.3, 0.4) is 0 Å². The van der Waals surface area contributed by atoms with E-state index >= 15 is 0 Å². The zero-order chi connectivity index (χ0) is 12.5. The van der Waals surface area contributed by atoms with Gasteiger partial charge < -0.3 is 4.90 Å². The summed E-state index contributed by atoms with van der Waals surface area (Å²) in [5, 5.41) is 0. The molecule has 1 saturated carbocycles. The highest BCUT2D eigenvalue weighted by atomic mass is 35.5. The number of rotatable bonds is 6. The van der Waals surface area contributed by atoms with Gasteiger partial charge in [0, 0.05) is 31.3 Å². The summed E-state index contributed by atoms with van der Waals surface area (Å²) >= 11 is 11.4. The van der Waals surface area contributed by atoms with Crippen LogP contribution < -0.4 is 0 Å². The van der Waals surface area contributed by atoms with Gasteiger partial charge in [0.25, 0.3) is 0 Å². The molecule has 4 heteroatoms. The van der Waals surface area contributed by atoms with Gasteiger partial charge in [-0.1, -0.05) is 25.7 Å². The summed E-state index contributed by atoms with van der Waals surface area (Å²) in [6.45, 7) is 1.25. The van der Waals surface area contributed by atoms with Crippen molar-refractivity contribution in [1.29, 1.82) is 0 Å². The molecule has 1 rings (SSSR count). The minimum atomic E-state index is 0.234. The molecule has 0 aromatic rings. The smallest absolute Gasteiger partial charge is 0.222 e. The van der Waals surface area contributed by atoms with Crippen LogP contribution in [-0.4, -0.2) is 35.7 Å². The molecule has 1 fully saturated rings. The van der Waals surface area contributed by atoms with E-state index < -0.39 is 0 Å². The van der Waals surface area contributed by atoms with Crippen LogP contribution in [0.1, 0.15) is 44.9 Å². The van der Waals surface area contributed by atoms with E-state index in [1.54, 1.807) is 0 Å². The fourth-order valence-electron chi connectivity index (χ4n) is 2.51. The first-order valence-corrected chi connectivity index (χ1v) is 7.74. The molecule has 0 radical (unpaired) electrons. The number of hydrogen-bond acceptors (Lipinski definition) is 1. The van der Waals surface area contributed by atoms with Crippen molar-refractivity contribution >= 4 is 29.1 Å². The van der Waals surface area contributed by atoms with Crippen LogP contribution in [0.5, 0.6) is 0 Å². The minimum Gasteiger partial charge on any atom is -0.340 e. The summed E-state index contributed by atoms with van der Waals surface area (Å²) in [7, 11) is 0. The predicted molar refractivity (Wildman–Crippen MR) is 73.8 cm³/mol. The summed E-state index contributed by atoms with van der Waals surface area (Å²) in [5.74, 6) is 1.80. The molecule has 0 atom stereocenters. The fraction of sp³-hybridized carbons (Fsp3) is 0.923. The molecule has 0 unspecified atom stereocenters. The summed E-state index contributed by atoms with van der Waals surface area (Å²) in [4.78, 5) is 13.9. The molecule has 0 spiro atoms. The summed E-state index contributed by atoms with van der Waals surface area (Å²) < 4.78 is 0. The van der Waals surface area contributed by atoms with E-state index in [-0.39, 0.29) is 5.91 Å². The lowest BCUT2D eigenvalue weighted by Crippen LogP contribution is -2.35. The fourth-order valence-corrected chi connectivity index (χ4v) is 2.92. The van der Waals surface area contributed by atoms with Gasteiger partial charge >= 0.3 is 0 Å². The van der Waals surface area contributed by atoms with E-state index in [0.717, 1.165) is 0 Å². The average molecular weight is 280 g/mol. The van der Waals surface area contributed by atoms with E-state index in [0.29, 0.717) is 37.2 Å². The molecule has 100 valence electrons. The summed E-state index contributed by atoms with van der Waals surface area (Å²) in [5.41, 5.74) is 0. The van der Waals surface area contributed by atoms with Crippen LogP contribution in [0.2, 0.25) is 0 Å². The highest BCUT2D eigenvalue weighted by molar-refractivity contribution is 6.18. The van der Waals surface area contributed by atoms with Crippen molar-refractivity contribution < 1.29 is 4.79 Å². The zero-order valence-corrected chi connectivity index (χ0v) is 12.0. The number of carbonyl (C=O) groups is 1. The molecular formula is C13H23Cl2NO. The molecule has 1 amide bonds. The van der Waals surface area contributed by atoms with Crippen molar-refractivity contribution in [2.45, 2.75) is 44.9 Å². The molecule has 0 aliphatic heterocycles. The Morgan fingerprint density at radius 3 is 2.00 bits per heavy atom. The molecular weight excluding hydrogens is 257 g/mol. The normalized spacial score (nSPS) is 17.8. The van der Waals surface area contributed by atoms with E-state index in [9.17, 15) is 4.79 Å². The van der Waals surface area contributed by atoms with Gasteiger partial charge in [0.2, 0.25) is 5.91 Å². The molecule has 2 nitrogen and oxygen atoms in total. The van der Waals surface area contributed by atoms with E-state index in [2.05, 4.69) is 0 Å². The highest BCUT2D eigenvalue weighted by Crippen LogP contribution is 2.25. The first-order valence-electron chi connectivity index (χ1n) is 6.67. The molecule has 0 N–H and O–H groups in total. The van der Waals surface area contributed by atoms with Gasteiger partial charge in [-0.3, -0.25) is 4.79 Å². The molecule has 0 aromatic carbocycles. The molecule has 1 aliphatic carbocycles. The second-order valence-corrected chi connectivity index (χ2v) is 5.58. The highest BCUT2D eigenvalue weighted by Gasteiger charge is 2.19. The maximum atomic E-state index is 12.1. The van der Waals surface area contributed by atoms with Crippen LogP contribution in [0, 0.1) is 5.92 Å². The van der Waals surface area contributed by atoms with Gasteiger partial charge in [0.15, 0.2) is 0 Å². The van der Waals surface area contributed by atoms with Crippen LogP contribution in [0.15, 0.2) is 0 Å². The molecule has 0 heterocycles. The van der Waals surface area contributed by atoms with Crippen LogP contribution in [0.4, 0.5) is 0 Å². The van der Waals surface area contributed by atoms with Crippen LogP contribution in [0.25, 0.3) is 0 Å². The lowest BCUT2D eigenvalue weighted by Gasteiger charge is -2.23. The molecule has 0 aromatic heterocycles. The van der Waals surface area contributed by atoms with E-state index in [1.165, 1.54) is 38.5 Å². The Morgan fingerprint density at radius 1 is 1.00 bits per heavy atom. The Balaban J connectivity index is 2.38. The standard InChI is InChI=1S/C13H23Cl2NO/c14-7-9-16(10-8-15)13(17)11-12-5-3-1-2-4-6-12/h12H,1-11H2. The second-order valence-electron chi connectivity index (χ2n) is 4.82. The Morgan fingerprint density at radius 2 is 1.53 bits per heavy atom. The van der Waals surface area contributed by atoms with Crippen molar-refractivity contribution in [1.82, 2.24) is 4.90 Å². The third kappa shape index (κ3) is 5.96. The monoisotopic (exact) mass is 279 g/mol. The number of halogens is 2. The SMILES string of the molecule is O=C(CC1CCCCCC1)N(CCCl)CCCl. The maximum Gasteiger partial charge on any atom is 0.222 e. The van der Waals surface area contributed by atoms with E-state index in [1.807, 2.05) is 4.90 Å². The Bertz CT molecular complexity index is 209. The van der Waals surface area contributed by atoms with Crippen molar-refractivity contribution in [3.05, 3.63) is 0 Å². The van der Waals surface area contributed by atoms with Crippen molar-refractivity contribution in [3.63, 3.8) is 0 Å². The third-order valence-electron chi connectivity index (χ3n) is 3.50. The number of nitrogens with zero attached hydrogens (tertiary/aromatic N) is 1. The molecule has 17 heavy (non-hydrogen) atoms. The zero-order valence-electron chi connectivity index (χ0n) is 10.5. The first-order chi connectivity index (χ1) is 8.27. The minimum absolute atomic E-state index is 0.234. The maximum absolute atomic E-state index is 12.1. The second kappa shape index (κ2) is 9.04. The van der Waals surface area contributed by atoms with E-state index in [4.69, 9.17) is 23.2 Å². The Labute approximate surface area is 115 Å². The van der Waals surface area contributed by atoms with Crippen molar-refractivity contribution in [2.24, 2.45) is 5.92 Å². The third-order valence-corrected chi connectivity index (χ3v) is 3.84. The largest absolute Gasteiger partial charge is 0.340 e. The van der Waals surface area contributed by atoms with Gasteiger partial charge in [0.05, 0.1) is 0 Å². The van der Waals surface area contributed by atoms with Gasteiger partial charge in [-0.25, -0.2) is 0 Å². The molecule has 1 aliphatic rings. The van der Waals surface area contributed by atoms with Gasteiger partial charge in [0.1, 0.15) is 0 Å². The van der Waals surface area contributed by atoms with Gasteiger partial charge in [-0.2, -0.15) is 0 Å². The van der Waals surface area contributed by atoms with Crippen LogP contribution >= 0.6 is 23.2 Å². The van der Waals surface area contributed by atoms with Gasteiger partial charge in [-0.05, 0) is 18.8 Å². The molecule has 0 bridgehead atoms. The molecule has 0 saturated heterocycles. The summed E-state index contributed by atoms with van der Waals surface area (Å²) in [6.07, 6.45) is 8.33. The summed E-state index contributed by atoms with van der Waals surface area (Å²) in [6, 6.07) is 0. The van der Waals surface area contributed by atoms with Gasteiger partial charge in [-0.15, -0.1) is 23.2 Å². The number of carbonyl (C=O) groups excluding carboxylic acids is 1. The average Bonchev–Trinajstić information content (AvgIpc) is 2.57. The topological polar surface area (TPSA) is 20.3 Å². The van der Waals surface area contributed by atoms with Crippen molar-refractivity contribution in [2.75, 3.05) is 24.8 Å². The lowest BCUT2D eigenvalue weighted by atomic mass is 9.96. The first kappa shape index (κ1) is 15.1. The Hall–Kier alpha value is 0.0500.